The largest absolute Gasteiger partial charge is 0.274 e. The molecule has 4 rings (SSSR count). The lowest BCUT2D eigenvalue weighted by Crippen LogP contribution is -2.40. The van der Waals surface area contributed by atoms with Crippen LogP contribution < -0.4 is 0 Å². The topological polar surface area (TPSA) is 37.4 Å². The van der Waals surface area contributed by atoms with Gasteiger partial charge >= 0.3 is 0 Å². The van der Waals surface area contributed by atoms with Gasteiger partial charge in [0, 0.05) is 34.2 Å². The lowest BCUT2D eigenvalue weighted by molar-refractivity contribution is 0.0608. The Morgan fingerprint density at radius 3 is 2.29 bits per heavy atom. The fourth-order valence-corrected chi connectivity index (χ4v) is 3.55. The van der Waals surface area contributed by atoms with Crippen molar-refractivity contribution >= 4 is 22.6 Å². The van der Waals surface area contributed by atoms with Gasteiger partial charge in [-0.2, -0.15) is 0 Å². The summed E-state index contributed by atoms with van der Waals surface area (Å²) in [6, 6.07) is 17.3. The summed E-state index contributed by atoms with van der Waals surface area (Å²) in [5.74, 6) is 5.98. The Hall–Kier alpha value is -3.38. The van der Waals surface area contributed by atoms with Crippen molar-refractivity contribution in [2.75, 3.05) is 6.54 Å². The third-order valence-corrected chi connectivity index (χ3v) is 5.12. The second-order valence-electron chi connectivity index (χ2n) is 7.12. The van der Waals surface area contributed by atoms with Gasteiger partial charge in [-0.25, -0.2) is 0 Å². The SMILES string of the molecule is CCCCN1C(=O)c2cccc3c(C#Cc4ccc(C)cc4)ccc(c23)C1=O. The van der Waals surface area contributed by atoms with Crippen molar-refractivity contribution in [3.8, 4) is 11.8 Å². The Bertz CT molecular complexity index is 1120. The lowest BCUT2D eigenvalue weighted by atomic mass is 9.91. The summed E-state index contributed by atoms with van der Waals surface area (Å²) in [7, 11) is 0. The maximum Gasteiger partial charge on any atom is 0.261 e. The summed E-state index contributed by atoms with van der Waals surface area (Å²) in [5, 5.41) is 1.58. The Morgan fingerprint density at radius 2 is 1.57 bits per heavy atom. The number of carbonyl (C=O) groups excluding carboxylic acids is 2. The molecule has 0 aromatic heterocycles. The minimum atomic E-state index is -0.208. The Labute approximate surface area is 165 Å². The van der Waals surface area contributed by atoms with Crippen LogP contribution in [0.4, 0.5) is 0 Å². The molecule has 3 nitrogen and oxygen atoms in total. The highest BCUT2D eigenvalue weighted by Gasteiger charge is 2.32. The van der Waals surface area contributed by atoms with E-state index >= 15 is 0 Å². The first kappa shape index (κ1) is 18.0. The predicted molar refractivity (Wildman–Crippen MR) is 111 cm³/mol. The maximum atomic E-state index is 12.9. The van der Waals surface area contributed by atoms with Crippen molar-refractivity contribution in [3.63, 3.8) is 0 Å². The van der Waals surface area contributed by atoms with Crippen molar-refractivity contribution in [2.24, 2.45) is 0 Å². The van der Waals surface area contributed by atoms with Crippen molar-refractivity contribution in [3.05, 3.63) is 82.4 Å². The third-order valence-electron chi connectivity index (χ3n) is 5.12. The number of benzene rings is 3. The molecule has 3 heteroatoms. The highest BCUT2D eigenvalue weighted by molar-refractivity contribution is 6.26. The molecule has 0 fully saturated rings. The minimum absolute atomic E-state index is 0.208. The molecular weight excluding hydrogens is 346 g/mol. The van der Waals surface area contributed by atoms with Gasteiger partial charge in [-0.1, -0.05) is 55.0 Å². The van der Waals surface area contributed by atoms with Gasteiger partial charge in [0.1, 0.15) is 0 Å². The molecule has 28 heavy (non-hydrogen) atoms. The van der Waals surface area contributed by atoms with E-state index in [1.54, 1.807) is 12.1 Å². The zero-order valence-electron chi connectivity index (χ0n) is 16.1. The molecule has 3 aromatic carbocycles. The number of carbonyl (C=O) groups is 2. The first-order valence-corrected chi connectivity index (χ1v) is 9.60. The molecule has 2 amide bonds. The van der Waals surface area contributed by atoms with Crippen LogP contribution in [0.15, 0.2) is 54.6 Å². The van der Waals surface area contributed by atoms with Gasteiger partial charge in [-0.3, -0.25) is 14.5 Å². The van der Waals surface area contributed by atoms with Crippen molar-refractivity contribution in [2.45, 2.75) is 26.7 Å². The summed E-state index contributed by atoms with van der Waals surface area (Å²) < 4.78 is 0. The first-order chi connectivity index (χ1) is 13.6. The van der Waals surface area contributed by atoms with E-state index in [9.17, 15) is 9.59 Å². The van der Waals surface area contributed by atoms with Gasteiger partial charge in [-0.05, 0) is 49.1 Å². The number of nitrogens with zero attached hydrogens (tertiary/aromatic N) is 1. The van der Waals surface area contributed by atoms with E-state index in [4.69, 9.17) is 0 Å². The van der Waals surface area contributed by atoms with Gasteiger partial charge in [0.05, 0.1) is 0 Å². The molecule has 0 bridgehead atoms. The van der Waals surface area contributed by atoms with Gasteiger partial charge < -0.3 is 0 Å². The van der Waals surface area contributed by atoms with Crippen LogP contribution in [0.3, 0.4) is 0 Å². The van der Waals surface area contributed by atoms with E-state index in [1.807, 2.05) is 56.3 Å². The van der Waals surface area contributed by atoms with Gasteiger partial charge in [0.15, 0.2) is 0 Å². The molecule has 0 saturated heterocycles. The number of amides is 2. The monoisotopic (exact) mass is 367 g/mol. The molecule has 3 aromatic rings. The molecule has 0 spiro atoms. The lowest BCUT2D eigenvalue weighted by Gasteiger charge is -2.27. The number of hydrogen-bond acceptors (Lipinski definition) is 2. The van der Waals surface area contributed by atoms with E-state index in [-0.39, 0.29) is 11.8 Å². The summed E-state index contributed by atoms with van der Waals surface area (Å²) in [4.78, 5) is 27.2. The van der Waals surface area contributed by atoms with Crippen LogP contribution in [0.1, 0.15) is 57.2 Å². The van der Waals surface area contributed by atoms with Crippen LogP contribution in [0.25, 0.3) is 10.8 Å². The normalized spacial score (nSPS) is 12.9. The number of aryl methyl sites for hydroxylation is 1. The molecule has 0 radical (unpaired) electrons. The fourth-order valence-electron chi connectivity index (χ4n) is 3.55. The average Bonchev–Trinajstić information content (AvgIpc) is 2.71. The van der Waals surface area contributed by atoms with Crippen LogP contribution in [0.5, 0.6) is 0 Å². The van der Waals surface area contributed by atoms with Crippen molar-refractivity contribution in [1.82, 2.24) is 4.90 Å². The van der Waals surface area contributed by atoms with Crippen LogP contribution >= 0.6 is 0 Å². The molecule has 1 aliphatic heterocycles. The molecule has 0 aliphatic carbocycles. The van der Waals surface area contributed by atoms with E-state index in [0.29, 0.717) is 17.7 Å². The summed E-state index contributed by atoms with van der Waals surface area (Å²) >= 11 is 0. The van der Waals surface area contributed by atoms with E-state index < -0.39 is 0 Å². The third kappa shape index (κ3) is 3.08. The zero-order chi connectivity index (χ0) is 19.7. The highest BCUT2D eigenvalue weighted by Crippen LogP contribution is 2.32. The summed E-state index contributed by atoms with van der Waals surface area (Å²) in [5.41, 5.74) is 4.12. The van der Waals surface area contributed by atoms with Crippen LogP contribution in [-0.4, -0.2) is 23.3 Å². The molecule has 0 saturated carbocycles. The Kier molecular flexibility index (Phi) is 4.71. The zero-order valence-corrected chi connectivity index (χ0v) is 16.1. The Morgan fingerprint density at radius 1 is 0.857 bits per heavy atom. The molecule has 1 aliphatic rings. The summed E-state index contributed by atoms with van der Waals surface area (Å²) in [6.45, 7) is 4.55. The van der Waals surface area contributed by atoms with Gasteiger partial charge in [-0.15, -0.1) is 0 Å². The smallest absolute Gasteiger partial charge is 0.261 e. The molecule has 1 heterocycles. The number of rotatable bonds is 3. The standard InChI is InChI=1S/C25H21NO2/c1-3-4-16-26-24(27)21-7-5-6-20-19(14-15-22(23(20)21)25(26)28)13-12-18-10-8-17(2)9-11-18/h5-11,14-15H,3-4,16H2,1-2H3. The van der Waals surface area contributed by atoms with Gasteiger partial charge in [0.2, 0.25) is 0 Å². The summed E-state index contributed by atoms with van der Waals surface area (Å²) in [6.07, 6.45) is 1.74. The van der Waals surface area contributed by atoms with Crippen LogP contribution in [0.2, 0.25) is 0 Å². The molecule has 0 N–H and O–H groups in total. The van der Waals surface area contributed by atoms with Crippen molar-refractivity contribution in [1.29, 1.82) is 0 Å². The molecular formula is C25H21NO2. The van der Waals surface area contributed by atoms with Crippen LogP contribution in [0, 0.1) is 18.8 Å². The number of unbranched alkanes of at least 4 members (excludes halogenated alkanes) is 1. The fraction of sp³-hybridized carbons (Fsp3) is 0.200. The second kappa shape index (κ2) is 7.32. The molecule has 0 unspecified atom stereocenters. The average molecular weight is 367 g/mol. The number of hydrogen-bond donors (Lipinski definition) is 0. The molecule has 0 atom stereocenters. The van der Waals surface area contributed by atoms with E-state index in [2.05, 4.69) is 11.8 Å². The predicted octanol–water partition coefficient (Wildman–Crippen LogP) is 4.94. The minimum Gasteiger partial charge on any atom is -0.274 e. The Balaban J connectivity index is 1.82. The van der Waals surface area contributed by atoms with E-state index in [0.717, 1.165) is 34.7 Å². The van der Waals surface area contributed by atoms with Crippen LogP contribution in [-0.2, 0) is 0 Å². The van der Waals surface area contributed by atoms with Crippen molar-refractivity contribution < 1.29 is 9.59 Å². The number of imide groups is 1. The quantitative estimate of drug-likeness (QED) is 0.485. The van der Waals surface area contributed by atoms with E-state index in [1.165, 1.54) is 10.5 Å². The maximum absolute atomic E-state index is 12.9. The highest BCUT2D eigenvalue weighted by atomic mass is 16.2. The van der Waals surface area contributed by atoms with Gasteiger partial charge in [0.25, 0.3) is 11.8 Å². The first-order valence-electron chi connectivity index (χ1n) is 9.60. The second-order valence-corrected chi connectivity index (χ2v) is 7.12. The molecule has 138 valence electrons.